The Balaban J connectivity index is 2.45. The topological polar surface area (TPSA) is 62.6 Å². The van der Waals surface area contributed by atoms with Gasteiger partial charge in [0.05, 0.1) is 13.1 Å². The highest BCUT2D eigenvalue weighted by Gasteiger charge is 2.27. The van der Waals surface area contributed by atoms with Gasteiger partial charge in [0.25, 0.3) is 5.91 Å². The molecule has 1 saturated heterocycles. The average Bonchev–Trinajstić information content (AvgIpc) is 2.53. The predicted octanol–water partition coefficient (Wildman–Crippen LogP) is 0.458. The van der Waals surface area contributed by atoms with Crippen LogP contribution in [-0.2, 0) is 4.79 Å². The van der Waals surface area contributed by atoms with Crippen LogP contribution in [0.4, 0.5) is 4.79 Å². The molecule has 1 aliphatic rings. The van der Waals surface area contributed by atoms with Gasteiger partial charge in [0.2, 0.25) is 0 Å². The average molecular weight is 270 g/mol. The maximum absolute atomic E-state index is 12.1. The summed E-state index contributed by atoms with van der Waals surface area (Å²) in [5.41, 5.74) is -0.330. The third kappa shape index (κ3) is 6.05. The van der Waals surface area contributed by atoms with E-state index in [1.807, 2.05) is 27.7 Å². The maximum Gasteiger partial charge on any atom is 0.322 e. The first-order valence-electron chi connectivity index (χ1n) is 7.27. The first kappa shape index (κ1) is 16.0. The van der Waals surface area contributed by atoms with Crippen LogP contribution in [0.25, 0.3) is 0 Å². The Bertz CT molecular complexity index is 315. The van der Waals surface area contributed by atoms with Gasteiger partial charge in [-0.2, -0.15) is 0 Å². The Labute approximate surface area is 116 Å². The fourth-order valence-electron chi connectivity index (χ4n) is 2.39. The van der Waals surface area contributed by atoms with Crippen molar-refractivity contribution in [1.82, 2.24) is 10.6 Å². The number of carbonyl (C=O) groups is 2. The molecule has 0 unspecified atom stereocenters. The minimum absolute atomic E-state index is 0.163. The van der Waals surface area contributed by atoms with Crippen molar-refractivity contribution >= 4 is 11.9 Å². The van der Waals surface area contributed by atoms with Gasteiger partial charge in [-0.15, -0.1) is 0 Å². The Morgan fingerprint density at radius 3 is 2.05 bits per heavy atom. The molecule has 0 radical (unpaired) electrons. The molecule has 0 aromatic heterocycles. The van der Waals surface area contributed by atoms with Gasteiger partial charge in [-0.05, 0) is 53.4 Å². The van der Waals surface area contributed by atoms with E-state index in [1.54, 1.807) is 0 Å². The molecule has 3 N–H and O–H groups in total. The van der Waals surface area contributed by atoms with Gasteiger partial charge in [-0.1, -0.05) is 0 Å². The predicted molar refractivity (Wildman–Crippen MR) is 75.1 cm³/mol. The number of amides is 3. The summed E-state index contributed by atoms with van der Waals surface area (Å²) >= 11 is 0. The third-order valence-electron chi connectivity index (χ3n) is 3.48. The summed E-state index contributed by atoms with van der Waals surface area (Å²) in [4.78, 5) is 25.0. The fourth-order valence-corrected chi connectivity index (χ4v) is 2.39. The molecule has 1 heterocycles. The zero-order valence-electron chi connectivity index (χ0n) is 12.6. The Kier molecular flexibility index (Phi) is 5.79. The van der Waals surface area contributed by atoms with E-state index in [0.29, 0.717) is 0 Å². The minimum Gasteiger partial charge on any atom is -0.333 e. The van der Waals surface area contributed by atoms with Crippen molar-refractivity contribution in [2.75, 3.05) is 13.1 Å². The molecule has 110 valence electrons. The summed E-state index contributed by atoms with van der Waals surface area (Å²) in [6.45, 7) is 9.62. The van der Waals surface area contributed by atoms with Crippen molar-refractivity contribution in [2.24, 2.45) is 0 Å². The molecule has 0 aromatic carbocycles. The Hall–Kier alpha value is -1.10. The standard InChI is InChI=1S/C14H27N3O2/c1-11(17-9-7-5-6-8-10-17)12(18)15-13(19)16-14(2,3)4/h11H,5-10H2,1-4H3,(H2,15,16,18,19)/p+1/t11-/m0/s1. The van der Waals surface area contributed by atoms with Crippen LogP contribution in [-0.4, -0.2) is 36.6 Å². The van der Waals surface area contributed by atoms with E-state index in [0.717, 1.165) is 13.1 Å². The van der Waals surface area contributed by atoms with E-state index in [1.165, 1.54) is 30.6 Å². The van der Waals surface area contributed by atoms with Crippen molar-refractivity contribution < 1.29 is 14.5 Å². The van der Waals surface area contributed by atoms with E-state index in [2.05, 4.69) is 10.6 Å². The van der Waals surface area contributed by atoms with Gasteiger partial charge in [-0.3, -0.25) is 10.1 Å². The molecule has 1 rings (SSSR count). The van der Waals surface area contributed by atoms with Crippen molar-refractivity contribution in [3.8, 4) is 0 Å². The molecule has 0 saturated carbocycles. The molecule has 0 aromatic rings. The second kappa shape index (κ2) is 6.89. The van der Waals surface area contributed by atoms with Crippen LogP contribution in [0.2, 0.25) is 0 Å². The normalized spacial score (nSPS) is 19.4. The fraction of sp³-hybridized carbons (Fsp3) is 0.857. The first-order chi connectivity index (χ1) is 8.79. The van der Waals surface area contributed by atoms with Gasteiger partial charge in [0.15, 0.2) is 6.04 Å². The van der Waals surface area contributed by atoms with Crippen molar-refractivity contribution in [2.45, 2.75) is 65.0 Å². The molecular formula is C14H28N3O2+. The number of carbonyl (C=O) groups excluding carboxylic acids is 2. The lowest BCUT2D eigenvalue weighted by molar-refractivity contribution is -0.913. The van der Waals surface area contributed by atoms with Crippen LogP contribution in [0.5, 0.6) is 0 Å². The van der Waals surface area contributed by atoms with Crippen LogP contribution in [0.15, 0.2) is 0 Å². The molecule has 5 heteroatoms. The SMILES string of the molecule is C[C@@H](C(=O)NC(=O)NC(C)(C)C)[NH+]1CCCCCC1. The number of quaternary nitrogens is 1. The van der Waals surface area contributed by atoms with Gasteiger partial charge < -0.3 is 10.2 Å². The van der Waals surface area contributed by atoms with Crippen molar-refractivity contribution in [3.63, 3.8) is 0 Å². The molecule has 0 bridgehead atoms. The zero-order valence-corrected chi connectivity index (χ0v) is 12.6. The van der Waals surface area contributed by atoms with Crippen LogP contribution < -0.4 is 15.5 Å². The number of rotatable bonds is 2. The second-order valence-electron chi connectivity index (χ2n) is 6.49. The quantitative estimate of drug-likeness (QED) is 0.682. The number of imide groups is 1. The molecule has 1 atom stereocenters. The highest BCUT2D eigenvalue weighted by Crippen LogP contribution is 2.00. The largest absolute Gasteiger partial charge is 0.333 e. The first-order valence-corrected chi connectivity index (χ1v) is 7.27. The molecule has 0 aliphatic carbocycles. The number of hydrogen-bond donors (Lipinski definition) is 3. The molecule has 5 nitrogen and oxygen atoms in total. The highest BCUT2D eigenvalue weighted by molar-refractivity contribution is 5.96. The zero-order chi connectivity index (χ0) is 14.5. The summed E-state index contributed by atoms with van der Waals surface area (Å²) < 4.78 is 0. The Morgan fingerprint density at radius 2 is 1.58 bits per heavy atom. The van der Waals surface area contributed by atoms with E-state index in [-0.39, 0.29) is 17.5 Å². The molecule has 3 amide bonds. The molecule has 1 fully saturated rings. The number of hydrogen-bond acceptors (Lipinski definition) is 2. The number of likely N-dealkylation sites (tertiary alicyclic amines) is 1. The van der Waals surface area contributed by atoms with Crippen molar-refractivity contribution in [1.29, 1.82) is 0 Å². The third-order valence-corrected chi connectivity index (χ3v) is 3.48. The molecule has 1 aliphatic heterocycles. The molecule has 0 spiro atoms. The second-order valence-corrected chi connectivity index (χ2v) is 6.49. The lowest BCUT2D eigenvalue weighted by atomic mass is 10.1. The Morgan fingerprint density at radius 1 is 1.05 bits per heavy atom. The summed E-state index contributed by atoms with van der Waals surface area (Å²) in [5.74, 6) is -0.182. The molecule has 19 heavy (non-hydrogen) atoms. The van der Waals surface area contributed by atoms with Crippen LogP contribution in [0, 0.1) is 0 Å². The number of urea groups is 1. The van der Waals surface area contributed by atoms with Crippen LogP contribution in [0.3, 0.4) is 0 Å². The van der Waals surface area contributed by atoms with Gasteiger partial charge in [0.1, 0.15) is 0 Å². The van der Waals surface area contributed by atoms with E-state index in [4.69, 9.17) is 0 Å². The van der Waals surface area contributed by atoms with E-state index < -0.39 is 6.03 Å². The smallest absolute Gasteiger partial charge is 0.322 e. The summed E-state index contributed by atoms with van der Waals surface area (Å²) in [5, 5.41) is 5.18. The maximum atomic E-state index is 12.1. The highest BCUT2D eigenvalue weighted by atomic mass is 16.2. The monoisotopic (exact) mass is 270 g/mol. The van der Waals surface area contributed by atoms with Gasteiger partial charge >= 0.3 is 6.03 Å². The van der Waals surface area contributed by atoms with Crippen LogP contribution in [0.1, 0.15) is 53.4 Å². The lowest BCUT2D eigenvalue weighted by Gasteiger charge is -2.25. The molecular weight excluding hydrogens is 242 g/mol. The van der Waals surface area contributed by atoms with Gasteiger partial charge in [0, 0.05) is 5.54 Å². The van der Waals surface area contributed by atoms with Gasteiger partial charge in [-0.25, -0.2) is 4.79 Å². The van der Waals surface area contributed by atoms with Crippen molar-refractivity contribution in [3.05, 3.63) is 0 Å². The van der Waals surface area contributed by atoms with Crippen LogP contribution >= 0.6 is 0 Å². The summed E-state index contributed by atoms with van der Waals surface area (Å²) in [6.07, 6.45) is 4.84. The lowest BCUT2D eigenvalue weighted by Crippen LogP contribution is -3.16. The summed E-state index contributed by atoms with van der Waals surface area (Å²) in [7, 11) is 0. The van der Waals surface area contributed by atoms with E-state index in [9.17, 15) is 9.59 Å². The summed E-state index contributed by atoms with van der Waals surface area (Å²) in [6, 6.07) is -0.567. The minimum atomic E-state index is -0.404. The van der Waals surface area contributed by atoms with E-state index >= 15 is 0 Å². The number of nitrogens with one attached hydrogen (secondary N) is 3.